The predicted molar refractivity (Wildman–Crippen MR) is 54.3 cm³/mol. The van der Waals surface area contributed by atoms with Gasteiger partial charge in [0.25, 0.3) is 0 Å². The van der Waals surface area contributed by atoms with Crippen LogP contribution in [0.5, 0.6) is 0 Å². The highest BCUT2D eigenvalue weighted by Crippen LogP contribution is 2.12. The van der Waals surface area contributed by atoms with Crippen molar-refractivity contribution in [3.8, 4) is 0 Å². The van der Waals surface area contributed by atoms with Crippen LogP contribution in [0, 0.1) is 5.92 Å². The van der Waals surface area contributed by atoms with Gasteiger partial charge < -0.3 is 0 Å². The van der Waals surface area contributed by atoms with E-state index in [1.807, 2.05) is 0 Å². The summed E-state index contributed by atoms with van der Waals surface area (Å²) in [5, 5.41) is 0. The Hall–Kier alpha value is -0.790. The van der Waals surface area contributed by atoms with Gasteiger partial charge in [-0.15, -0.1) is 0 Å². The lowest BCUT2D eigenvalue weighted by molar-refractivity contribution is -0.671. The van der Waals surface area contributed by atoms with E-state index >= 15 is 0 Å². The highest BCUT2D eigenvalue weighted by atomic mass is 15.1. The number of aromatic nitrogens is 2. The lowest BCUT2D eigenvalue weighted by atomic mass is 10.0. The smallest absolute Gasteiger partial charge is 0.240 e. The normalized spacial score (nSPS) is 13.2. The zero-order chi connectivity index (χ0) is 9.68. The molecule has 0 radical (unpaired) electrons. The third-order valence-electron chi connectivity index (χ3n) is 2.57. The molecule has 2 nitrogen and oxygen atoms in total. The molecule has 0 fully saturated rings. The highest BCUT2D eigenvalue weighted by molar-refractivity contribution is 4.68. The minimum absolute atomic E-state index is 0.845. The number of nitrogens with zero attached hydrogens (tertiary/aromatic N) is 2. The molecule has 0 aliphatic carbocycles. The summed E-state index contributed by atoms with van der Waals surface area (Å²) in [7, 11) is 2.07. The Kier molecular flexibility index (Phi) is 4.00. The van der Waals surface area contributed by atoms with Crippen molar-refractivity contribution in [3.05, 3.63) is 18.7 Å². The summed E-state index contributed by atoms with van der Waals surface area (Å²) < 4.78 is 4.38. The van der Waals surface area contributed by atoms with Crippen molar-refractivity contribution >= 4 is 0 Å². The van der Waals surface area contributed by atoms with Gasteiger partial charge in [0.2, 0.25) is 6.33 Å². The van der Waals surface area contributed by atoms with E-state index < -0.39 is 0 Å². The molecule has 0 N–H and O–H groups in total. The molecule has 0 saturated carbocycles. The van der Waals surface area contributed by atoms with Crippen LogP contribution in [0.15, 0.2) is 18.7 Å². The van der Waals surface area contributed by atoms with E-state index in [4.69, 9.17) is 0 Å². The molecule has 0 aromatic carbocycles. The van der Waals surface area contributed by atoms with Crippen molar-refractivity contribution in [1.29, 1.82) is 0 Å². The molecule has 1 atom stereocenters. The molecule has 0 bridgehead atoms. The maximum atomic E-state index is 2.28. The van der Waals surface area contributed by atoms with Crippen molar-refractivity contribution in [2.24, 2.45) is 13.0 Å². The van der Waals surface area contributed by atoms with Crippen LogP contribution in [0.3, 0.4) is 0 Å². The molecule has 2 heteroatoms. The molecule has 0 aliphatic heterocycles. The summed E-state index contributed by atoms with van der Waals surface area (Å²) in [6, 6.07) is 0. The summed E-state index contributed by atoms with van der Waals surface area (Å²) in [5.74, 6) is 0.845. The van der Waals surface area contributed by atoms with E-state index in [1.54, 1.807) is 0 Å². The molecule has 1 rings (SSSR count). The topological polar surface area (TPSA) is 8.81 Å². The minimum Gasteiger partial charge on any atom is -0.240 e. The average Bonchev–Trinajstić information content (AvgIpc) is 2.50. The van der Waals surface area contributed by atoms with Gasteiger partial charge in [-0.05, 0) is 18.8 Å². The molecule has 1 aromatic heterocycles. The third kappa shape index (κ3) is 3.21. The Morgan fingerprint density at radius 1 is 1.38 bits per heavy atom. The Labute approximate surface area is 81.2 Å². The quantitative estimate of drug-likeness (QED) is 0.615. The van der Waals surface area contributed by atoms with Crippen LogP contribution < -0.4 is 4.57 Å². The standard InChI is InChI=1S/C11H21N2/c1-4-6-11(5-2)9-13-8-7-12(3)10-13/h7-8,10-11H,4-6,9H2,1-3H3/q+1. The molecule has 0 amide bonds. The first-order valence-electron chi connectivity index (χ1n) is 5.27. The van der Waals surface area contributed by atoms with Gasteiger partial charge in [-0.1, -0.05) is 20.3 Å². The van der Waals surface area contributed by atoms with Crippen LogP contribution in [0.25, 0.3) is 0 Å². The fourth-order valence-corrected chi connectivity index (χ4v) is 1.74. The van der Waals surface area contributed by atoms with Crippen LogP contribution in [0.1, 0.15) is 33.1 Å². The van der Waals surface area contributed by atoms with E-state index in [0.717, 1.165) is 5.92 Å². The summed E-state index contributed by atoms with van der Waals surface area (Å²) in [5.41, 5.74) is 0. The lowest BCUT2D eigenvalue weighted by Gasteiger charge is -2.10. The van der Waals surface area contributed by atoms with E-state index in [-0.39, 0.29) is 0 Å². The zero-order valence-electron chi connectivity index (χ0n) is 9.03. The Bertz CT molecular complexity index is 240. The van der Waals surface area contributed by atoms with Crippen molar-refractivity contribution in [2.75, 3.05) is 0 Å². The number of hydrogen-bond acceptors (Lipinski definition) is 0. The zero-order valence-corrected chi connectivity index (χ0v) is 9.03. The van der Waals surface area contributed by atoms with Crippen LogP contribution in [0.4, 0.5) is 0 Å². The lowest BCUT2D eigenvalue weighted by Crippen LogP contribution is -2.24. The highest BCUT2D eigenvalue weighted by Gasteiger charge is 2.09. The number of rotatable bonds is 5. The summed E-state index contributed by atoms with van der Waals surface area (Å²) >= 11 is 0. The first kappa shape index (κ1) is 10.3. The minimum atomic E-state index is 0.845. The number of aryl methyl sites for hydroxylation is 1. The van der Waals surface area contributed by atoms with Crippen molar-refractivity contribution < 1.29 is 4.57 Å². The van der Waals surface area contributed by atoms with Gasteiger partial charge >= 0.3 is 0 Å². The second kappa shape index (κ2) is 5.05. The predicted octanol–water partition coefficient (Wildman–Crippen LogP) is 2.14. The summed E-state index contributed by atoms with van der Waals surface area (Å²) in [6.07, 6.45) is 10.3. The van der Waals surface area contributed by atoms with Gasteiger partial charge in [-0.2, -0.15) is 0 Å². The van der Waals surface area contributed by atoms with Crippen LogP contribution in [0.2, 0.25) is 0 Å². The van der Waals surface area contributed by atoms with Gasteiger partial charge in [0.15, 0.2) is 0 Å². The molecule has 1 unspecified atom stereocenters. The molecule has 74 valence electrons. The van der Waals surface area contributed by atoms with Crippen LogP contribution >= 0.6 is 0 Å². The van der Waals surface area contributed by atoms with Crippen molar-refractivity contribution in [2.45, 2.75) is 39.7 Å². The fraction of sp³-hybridized carbons (Fsp3) is 0.727. The Balaban J connectivity index is 2.46. The van der Waals surface area contributed by atoms with Gasteiger partial charge in [-0.3, -0.25) is 0 Å². The fourth-order valence-electron chi connectivity index (χ4n) is 1.74. The average molecular weight is 181 g/mol. The molecule has 1 heterocycles. The Morgan fingerprint density at radius 2 is 2.15 bits per heavy atom. The van der Waals surface area contributed by atoms with Gasteiger partial charge in [0.05, 0.1) is 13.6 Å². The third-order valence-corrected chi connectivity index (χ3v) is 2.57. The largest absolute Gasteiger partial charge is 0.243 e. The van der Waals surface area contributed by atoms with E-state index in [0.29, 0.717) is 0 Å². The molecule has 0 aliphatic rings. The van der Waals surface area contributed by atoms with Crippen molar-refractivity contribution in [3.63, 3.8) is 0 Å². The molecule has 13 heavy (non-hydrogen) atoms. The number of imidazole rings is 1. The van der Waals surface area contributed by atoms with E-state index in [9.17, 15) is 0 Å². The summed E-state index contributed by atoms with van der Waals surface area (Å²) in [4.78, 5) is 0. The first-order chi connectivity index (χ1) is 6.26. The van der Waals surface area contributed by atoms with Gasteiger partial charge in [-0.25, -0.2) is 9.13 Å². The Morgan fingerprint density at radius 3 is 2.62 bits per heavy atom. The first-order valence-corrected chi connectivity index (χ1v) is 5.27. The van der Waals surface area contributed by atoms with Crippen LogP contribution in [-0.4, -0.2) is 4.57 Å². The van der Waals surface area contributed by atoms with Crippen LogP contribution in [-0.2, 0) is 13.6 Å². The second-order valence-corrected chi connectivity index (χ2v) is 3.84. The molecule has 0 saturated heterocycles. The maximum Gasteiger partial charge on any atom is 0.243 e. The van der Waals surface area contributed by atoms with Crippen molar-refractivity contribution in [1.82, 2.24) is 4.57 Å². The molecular weight excluding hydrogens is 160 g/mol. The molecular formula is C11H21N2+. The second-order valence-electron chi connectivity index (χ2n) is 3.84. The van der Waals surface area contributed by atoms with Gasteiger partial charge in [0, 0.05) is 0 Å². The van der Waals surface area contributed by atoms with Gasteiger partial charge in [0.1, 0.15) is 12.4 Å². The molecule has 0 spiro atoms. The SMILES string of the molecule is CCCC(CC)Cn1cc[n+](C)c1. The maximum absolute atomic E-state index is 2.28. The molecule has 1 aromatic rings. The number of hydrogen-bond donors (Lipinski definition) is 0. The van der Waals surface area contributed by atoms with E-state index in [2.05, 4.69) is 48.8 Å². The monoisotopic (exact) mass is 181 g/mol. The van der Waals surface area contributed by atoms with E-state index in [1.165, 1.54) is 25.8 Å². The summed E-state index contributed by atoms with van der Waals surface area (Å²) in [6.45, 7) is 5.72.